The molecule has 1 rings (SSSR count). The van der Waals surface area contributed by atoms with Crippen molar-refractivity contribution in [2.45, 2.75) is 26.7 Å². The maximum Gasteiger partial charge on any atom is 0.254 e. The smallest absolute Gasteiger partial charge is 0.254 e. The molecule has 0 aliphatic carbocycles. The van der Waals surface area contributed by atoms with E-state index < -0.39 is 0 Å². The number of aliphatic hydroxyl groups is 1. The molecule has 0 heterocycles. The molecule has 0 atom stereocenters. The lowest BCUT2D eigenvalue weighted by molar-refractivity contribution is 0.0718. The summed E-state index contributed by atoms with van der Waals surface area (Å²) >= 11 is 0. The van der Waals surface area contributed by atoms with E-state index in [-0.39, 0.29) is 18.3 Å². The lowest BCUT2D eigenvalue weighted by Crippen LogP contribution is -2.34. The monoisotopic (exact) mass is 251 g/mol. The van der Waals surface area contributed by atoms with Gasteiger partial charge in [-0.15, -0.1) is 0 Å². The zero-order valence-corrected chi connectivity index (χ0v) is 11.0. The summed E-state index contributed by atoms with van der Waals surface area (Å²) in [5.41, 5.74) is 1.08. The Balaban J connectivity index is 2.90. The summed E-state index contributed by atoms with van der Waals surface area (Å²) in [5, 5.41) is 18.6. The van der Waals surface area contributed by atoms with Gasteiger partial charge in [-0.25, -0.2) is 0 Å². The SMILES string of the molecule is CCCCN(CCO)C(=O)c1cccc(O)c1C. The molecule has 0 aliphatic rings. The van der Waals surface area contributed by atoms with Crippen molar-refractivity contribution < 1.29 is 15.0 Å². The van der Waals surface area contributed by atoms with Crippen LogP contribution in [0, 0.1) is 6.92 Å². The molecule has 1 amide bonds. The molecule has 1 aromatic carbocycles. The van der Waals surface area contributed by atoms with Crippen molar-refractivity contribution in [2.75, 3.05) is 19.7 Å². The molecule has 18 heavy (non-hydrogen) atoms. The quantitative estimate of drug-likeness (QED) is 0.812. The van der Waals surface area contributed by atoms with E-state index in [1.54, 1.807) is 30.0 Å². The number of phenols is 1. The minimum Gasteiger partial charge on any atom is -0.508 e. The number of unbranched alkanes of at least 4 members (excludes halogenated alkanes) is 1. The van der Waals surface area contributed by atoms with Crippen LogP contribution in [0.15, 0.2) is 18.2 Å². The fourth-order valence-electron chi connectivity index (χ4n) is 1.81. The Morgan fingerprint density at radius 2 is 2.06 bits per heavy atom. The van der Waals surface area contributed by atoms with Crippen LogP contribution in [0.2, 0.25) is 0 Å². The van der Waals surface area contributed by atoms with E-state index in [0.717, 1.165) is 12.8 Å². The van der Waals surface area contributed by atoms with Crippen LogP contribution in [0.1, 0.15) is 35.7 Å². The minimum atomic E-state index is -0.133. The molecule has 4 heteroatoms. The number of aromatic hydroxyl groups is 1. The molecule has 2 N–H and O–H groups in total. The first-order valence-corrected chi connectivity index (χ1v) is 6.30. The Hall–Kier alpha value is -1.55. The molecule has 4 nitrogen and oxygen atoms in total. The van der Waals surface area contributed by atoms with Gasteiger partial charge in [-0.1, -0.05) is 19.4 Å². The molecule has 0 aromatic heterocycles. The lowest BCUT2D eigenvalue weighted by atomic mass is 10.1. The number of carbonyl (C=O) groups excluding carboxylic acids is 1. The van der Waals surface area contributed by atoms with E-state index in [1.165, 1.54) is 0 Å². The number of amides is 1. The average molecular weight is 251 g/mol. The zero-order chi connectivity index (χ0) is 13.5. The van der Waals surface area contributed by atoms with Crippen LogP contribution in [-0.2, 0) is 0 Å². The molecule has 0 saturated carbocycles. The molecule has 1 aromatic rings. The van der Waals surface area contributed by atoms with Crippen LogP contribution in [0.5, 0.6) is 5.75 Å². The van der Waals surface area contributed by atoms with Gasteiger partial charge in [0.05, 0.1) is 6.61 Å². The van der Waals surface area contributed by atoms with Crippen molar-refractivity contribution in [1.29, 1.82) is 0 Å². The number of benzene rings is 1. The highest BCUT2D eigenvalue weighted by atomic mass is 16.3. The third-order valence-electron chi connectivity index (χ3n) is 2.97. The summed E-state index contributed by atoms with van der Waals surface area (Å²) in [5.74, 6) is -0.00816. The van der Waals surface area contributed by atoms with E-state index in [9.17, 15) is 9.90 Å². The van der Waals surface area contributed by atoms with Gasteiger partial charge in [-0.3, -0.25) is 4.79 Å². The average Bonchev–Trinajstić information content (AvgIpc) is 2.37. The highest BCUT2D eigenvalue weighted by Gasteiger charge is 2.17. The van der Waals surface area contributed by atoms with Crippen LogP contribution in [-0.4, -0.2) is 40.7 Å². The summed E-state index contributed by atoms with van der Waals surface area (Å²) in [6.07, 6.45) is 1.90. The predicted molar refractivity (Wildman–Crippen MR) is 70.7 cm³/mol. The summed E-state index contributed by atoms with van der Waals surface area (Å²) in [7, 11) is 0. The summed E-state index contributed by atoms with van der Waals surface area (Å²) < 4.78 is 0. The number of nitrogens with zero attached hydrogens (tertiary/aromatic N) is 1. The first kappa shape index (κ1) is 14.5. The van der Waals surface area contributed by atoms with Gasteiger partial charge in [0, 0.05) is 24.2 Å². The molecule has 0 radical (unpaired) electrons. The van der Waals surface area contributed by atoms with Gasteiger partial charge in [0.1, 0.15) is 5.75 Å². The van der Waals surface area contributed by atoms with Crippen LogP contribution < -0.4 is 0 Å². The van der Waals surface area contributed by atoms with Gasteiger partial charge in [0.2, 0.25) is 0 Å². The Morgan fingerprint density at radius 1 is 1.33 bits per heavy atom. The van der Waals surface area contributed by atoms with Crippen molar-refractivity contribution in [3.05, 3.63) is 29.3 Å². The highest BCUT2D eigenvalue weighted by Crippen LogP contribution is 2.21. The number of rotatable bonds is 6. The van der Waals surface area contributed by atoms with E-state index >= 15 is 0 Å². The fourth-order valence-corrected chi connectivity index (χ4v) is 1.81. The molecule has 0 unspecified atom stereocenters. The third kappa shape index (κ3) is 3.47. The van der Waals surface area contributed by atoms with Gasteiger partial charge in [0.25, 0.3) is 5.91 Å². The van der Waals surface area contributed by atoms with Crippen LogP contribution in [0.3, 0.4) is 0 Å². The van der Waals surface area contributed by atoms with Gasteiger partial charge in [0.15, 0.2) is 0 Å². The summed E-state index contributed by atoms with van der Waals surface area (Å²) in [6.45, 7) is 4.69. The summed E-state index contributed by atoms with van der Waals surface area (Å²) in [6, 6.07) is 4.93. The van der Waals surface area contributed by atoms with Crippen LogP contribution in [0.4, 0.5) is 0 Å². The second-order valence-electron chi connectivity index (χ2n) is 4.32. The number of carbonyl (C=O) groups is 1. The van der Waals surface area contributed by atoms with Gasteiger partial charge < -0.3 is 15.1 Å². The zero-order valence-electron chi connectivity index (χ0n) is 11.0. The van der Waals surface area contributed by atoms with Gasteiger partial charge >= 0.3 is 0 Å². The molecule has 0 saturated heterocycles. The second-order valence-corrected chi connectivity index (χ2v) is 4.32. The molecule has 100 valence electrons. The summed E-state index contributed by atoms with van der Waals surface area (Å²) in [4.78, 5) is 13.9. The standard InChI is InChI=1S/C14H21NO3/c1-3-4-8-15(9-10-16)14(18)12-6-5-7-13(17)11(12)2/h5-7,16-17H,3-4,8-10H2,1-2H3. The van der Waals surface area contributed by atoms with E-state index in [2.05, 4.69) is 6.92 Å². The normalized spacial score (nSPS) is 10.4. The Bertz CT molecular complexity index is 404. The topological polar surface area (TPSA) is 60.8 Å². The second kappa shape index (κ2) is 7.01. The Kier molecular flexibility index (Phi) is 5.65. The fraction of sp³-hybridized carbons (Fsp3) is 0.500. The molecular weight excluding hydrogens is 230 g/mol. The maximum atomic E-state index is 12.3. The minimum absolute atomic E-state index is 0.0483. The molecule has 0 bridgehead atoms. The maximum absolute atomic E-state index is 12.3. The number of aliphatic hydroxyl groups excluding tert-OH is 1. The third-order valence-corrected chi connectivity index (χ3v) is 2.97. The van der Waals surface area contributed by atoms with E-state index in [0.29, 0.717) is 24.2 Å². The molecule has 0 spiro atoms. The molecule has 0 aliphatic heterocycles. The highest BCUT2D eigenvalue weighted by molar-refractivity contribution is 5.96. The van der Waals surface area contributed by atoms with Crippen molar-refractivity contribution in [1.82, 2.24) is 4.90 Å². The van der Waals surface area contributed by atoms with E-state index in [1.807, 2.05) is 0 Å². The van der Waals surface area contributed by atoms with Crippen LogP contribution in [0.25, 0.3) is 0 Å². The van der Waals surface area contributed by atoms with Crippen molar-refractivity contribution in [3.8, 4) is 5.75 Å². The first-order valence-electron chi connectivity index (χ1n) is 6.30. The Morgan fingerprint density at radius 3 is 2.67 bits per heavy atom. The largest absolute Gasteiger partial charge is 0.508 e. The number of hydrogen-bond donors (Lipinski definition) is 2. The van der Waals surface area contributed by atoms with E-state index in [4.69, 9.17) is 5.11 Å². The number of phenolic OH excluding ortho intramolecular Hbond substituents is 1. The first-order chi connectivity index (χ1) is 8.61. The van der Waals surface area contributed by atoms with Gasteiger partial charge in [-0.05, 0) is 25.5 Å². The van der Waals surface area contributed by atoms with Gasteiger partial charge in [-0.2, -0.15) is 0 Å². The van der Waals surface area contributed by atoms with Crippen molar-refractivity contribution in [3.63, 3.8) is 0 Å². The molecule has 0 fully saturated rings. The Labute approximate surface area is 108 Å². The van der Waals surface area contributed by atoms with Crippen LogP contribution >= 0.6 is 0 Å². The number of hydrogen-bond acceptors (Lipinski definition) is 3. The molecular formula is C14H21NO3. The lowest BCUT2D eigenvalue weighted by Gasteiger charge is -2.22. The van der Waals surface area contributed by atoms with Crippen molar-refractivity contribution >= 4 is 5.91 Å². The predicted octanol–water partition coefficient (Wildman–Crippen LogP) is 1.94. The van der Waals surface area contributed by atoms with Crippen molar-refractivity contribution in [2.24, 2.45) is 0 Å².